The molecular formula is C24H25N3O2. The van der Waals surface area contributed by atoms with E-state index in [1.807, 2.05) is 91.8 Å². The molecule has 0 aliphatic carbocycles. The topological polar surface area (TPSA) is 61.4 Å². The standard InChI is InChI=1S/C24H25N3O2/c1-27(2)21-15-13-20(14-16-21)26-24(29)23(28)25-17-22(18-9-5-3-6-10-18)19-11-7-4-8-12-19/h3-16,22H,17H2,1-2H3,(H,25,28)(H,26,29). The van der Waals surface area contributed by atoms with Gasteiger partial charge in [0.1, 0.15) is 0 Å². The van der Waals surface area contributed by atoms with E-state index >= 15 is 0 Å². The Morgan fingerprint density at radius 3 is 1.76 bits per heavy atom. The molecule has 2 N–H and O–H groups in total. The summed E-state index contributed by atoms with van der Waals surface area (Å²) in [6.45, 7) is 0.333. The largest absolute Gasteiger partial charge is 0.378 e. The molecule has 29 heavy (non-hydrogen) atoms. The number of nitrogens with zero attached hydrogens (tertiary/aromatic N) is 1. The van der Waals surface area contributed by atoms with Crippen molar-refractivity contribution in [1.29, 1.82) is 0 Å². The molecule has 0 fully saturated rings. The van der Waals surface area contributed by atoms with Gasteiger partial charge in [-0.05, 0) is 35.4 Å². The molecule has 3 aromatic carbocycles. The van der Waals surface area contributed by atoms with Crippen LogP contribution in [0.15, 0.2) is 84.9 Å². The summed E-state index contributed by atoms with van der Waals surface area (Å²) >= 11 is 0. The number of hydrogen-bond acceptors (Lipinski definition) is 3. The lowest BCUT2D eigenvalue weighted by Crippen LogP contribution is -2.37. The second-order valence-corrected chi connectivity index (χ2v) is 6.98. The Hall–Kier alpha value is -3.60. The number of benzene rings is 3. The van der Waals surface area contributed by atoms with Crippen molar-refractivity contribution in [1.82, 2.24) is 5.32 Å². The number of carbonyl (C=O) groups excluding carboxylic acids is 2. The molecule has 2 amide bonds. The molecule has 5 heteroatoms. The van der Waals surface area contributed by atoms with E-state index < -0.39 is 11.8 Å². The monoisotopic (exact) mass is 387 g/mol. The number of carbonyl (C=O) groups is 2. The normalized spacial score (nSPS) is 10.4. The molecule has 0 heterocycles. The van der Waals surface area contributed by atoms with E-state index in [9.17, 15) is 9.59 Å². The van der Waals surface area contributed by atoms with Crippen LogP contribution in [0, 0.1) is 0 Å². The minimum Gasteiger partial charge on any atom is -0.378 e. The molecule has 0 unspecified atom stereocenters. The predicted molar refractivity (Wildman–Crippen MR) is 117 cm³/mol. The van der Waals surface area contributed by atoms with Gasteiger partial charge in [0.05, 0.1) is 0 Å². The van der Waals surface area contributed by atoms with E-state index in [4.69, 9.17) is 0 Å². The van der Waals surface area contributed by atoms with Crippen LogP contribution in [0.1, 0.15) is 17.0 Å². The number of amides is 2. The van der Waals surface area contributed by atoms with Crippen molar-refractivity contribution in [2.45, 2.75) is 5.92 Å². The summed E-state index contributed by atoms with van der Waals surface area (Å²) in [5.41, 5.74) is 3.76. The van der Waals surface area contributed by atoms with Gasteiger partial charge in [-0.25, -0.2) is 0 Å². The van der Waals surface area contributed by atoms with Gasteiger partial charge in [0.25, 0.3) is 0 Å². The highest BCUT2D eigenvalue weighted by Crippen LogP contribution is 2.23. The number of anilines is 2. The van der Waals surface area contributed by atoms with Crippen LogP contribution in [0.2, 0.25) is 0 Å². The van der Waals surface area contributed by atoms with Gasteiger partial charge in [0, 0.05) is 37.9 Å². The molecule has 5 nitrogen and oxygen atoms in total. The molecule has 0 aliphatic heterocycles. The summed E-state index contributed by atoms with van der Waals surface area (Å²) in [7, 11) is 3.88. The summed E-state index contributed by atoms with van der Waals surface area (Å²) in [6, 6.07) is 27.2. The Labute approximate surface area is 171 Å². The Morgan fingerprint density at radius 2 is 1.28 bits per heavy atom. The highest BCUT2D eigenvalue weighted by Gasteiger charge is 2.18. The lowest BCUT2D eigenvalue weighted by Gasteiger charge is -2.18. The van der Waals surface area contributed by atoms with Gasteiger partial charge >= 0.3 is 11.8 Å². The quantitative estimate of drug-likeness (QED) is 0.635. The van der Waals surface area contributed by atoms with Crippen LogP contribution in [-0.4, -0.2) is 32.5 Å². The SMILES string of the molecule is CN(C)c1ccc(NC(=O)C(=O)NCC(c2ccccc2)c2ccccc2)cc1. The van der Waals surface area contributed by atoms with Crippen LogP contribution in [0.25, 0.3) is 0 Å². The van der Waals surface area contributed by atoms with Crippen LogP contribution in [0.3, 0.4) is 0 Å². The summed E-state index contributed by atoms with van der Waals surface area (Å²) in [4.78, 5) is 26.6. The molecule has 148 valence electrons. The minimum absolute atomic E-state index is 0.0338. The number of nitrogens with one attached hydrogen (secondary N) is 2. The first kappa shape index (κ1) is 20.1. The maximum Gasteiger partial charge on any atom is 0.313 e. The van der Waals surface area contributed by atoms with Crippen LogP contribution >= 0.6 is 0 Å². The molecule has 0 spiro atoms. The van der Waals surface area contributed by atoms with Gasteiger partial charge in [0.15, 0.2) is 0 Å². The maximum absolute atomic E-state index is 12.4. The smallest absolute Gasteiger partial charge is 0.313 e. The zero-order valence-corrected chi connectivity index (χ0v) is 16.6. The summed E-state index contributed by atoms with van der Waals surface area (Å²) in [5.74, 6) is -1.37. The average molecular weight is 387 g/mol. The Bertz CT molecular complexity index is 899. The van der Waals surface area contributed by atoms with Crippen molar-refractivity contribution in [2.24, 2.45) is 0 Å². The zero-order chi connectivity index (χ0) is 20.6. The first-order valence-electron chi connectivity index (χ1n) is 9.51. The third kappa shape index (κ3) is 5.45. The summed E-state index contributed by atoms with van der Waals surface area (Å²) < 4.78 is 0. The molecule has 0 bridgehead atoms. The van der Waals surface area contributed by atoms with Gasteiger partial charge in [-0.3, -0.25) is 9.59 Å². The molecule has 0 radical (unpaired) electrons. The van der Waals surface area contributed by atoms with Crippen molar-refractivity contribution >= 4 is 23.2 Å². The van der Waals surface area contributed by atoms with Gasteiger partial charge in [0.2, 0.25) is 0 Å². The van der Waals surface area contributed by atoms with E-state index in [1.165, 1.54) is 0 Å². The van der Waals surface area contributed by atoms with Crippen LogP contribution in [-0.2, 0) is 9.59 Å². The summed E-state index contributed by atoms with van der Waals surface area (Å²) in [5, 5.41) is 5.41. The van der Waals surface area contributed by atoms with Crippen molar-refractivity contribution < 1.29 is 9.59 Å². The van der Waals surface area contributed by atoms with Crippen LogP contribution < -0.4 is 15.5 Å². The molecule has 0 saturated heterocycles. The Morgan fingerprint density at radius 1 is 0.759 bits per heavy atom. The third-order valence-corrected chi connectivity index (χ3v) is 4.72. The molecular weight excluding hydrogens is 362 g/mol. The minimum atomic E-state index is -0.678. The van der Waals surface area contributed by atoms with E-state index in [-0.39, 0.29) is 5.92 Å². The third-order valence-electron chi connectivity index (χ3n) is 4.72. The Kier molecular flexibility index (Phi) is 6.63. The van der Waals surface area contributed by atoms with E-state index in [1.54, 1.807) is 12.1 Å². The number of hydrogen-bond donors (Lipinski definition) is 2. The zero-order valence-electron chi connectivity index (χ0n) is 16.6. The van der Waals surface area contributed by atoms with E-state index in [2.05, 4.69) is 10.6 Å². The number of rotatable bonds is 6. The Balaban J connectivity index is 1.64. The second-order valence-electron chi connectivity index (χ2n) is 6.98. The molecule has 0 saturated carbocycles. The molecule has 3 aromatic rings. The fraction of sp³-hybridized carbons (Fsp3) is 0.167. The van der Waals surface area contributed by atoms with Crippen molar-refractivity contribution in [2.75, 3.05) is 30.9 Å². The first-order valence-corrected chi connectivity index (χ1v) is 9.51. The van der Waals surface area contributed by atoms with Crippen LogP contribution in [0.5, 0.6) is 0 Å². The second kappa shape index (κ2) is 9.55. The molecule has 0 aromatic heterocycles. The van der Waals surface area contributed by atoms with E-state index in [0.717, 1.165) is 16.8 Å². The van der Waals surface area contributed by atoms with E-state index in [0.29, 0.717) is 12.2 Å². The molecule has 0 atom stereocenters. The van der Waals surface area contributed by atoms with Crippen molar-refractivity contribution in [3.8, 4) is 0 Å². The first-order chi connectivity index (χ1) is 14.0. The predicted octanol–water partition coefficient (Wildman–Crippen LogP) is 3.64. The average Bonchev–Trinajstić information content (AvgIpc) is 2.75. The van der Waals surface area contributed by atoms with Crippen molar-refractivity contribution in [3.05, 3.63) is 96.1 Å². The highest BCUT2D eigenvalue weighted by atomic mass is 16.2. The lowest BCUT2D eigenvalue weighted by atomic mass is 9.91. The van der Waals surface area contributed by atoms with Gasteiger partial charge < -0.3 is 15.5 Å². The fourth-order valence-corrected chi connectivity index (χ4v) is 3.10. The van der Waals surface area contributed by atoms with Crippen LogP contribution in [0.4, 0.5) is 11.4 Å². The summed E-state index contributed by atoms with van der Waals surface area (Å²) in [6.07, 6.45) is 0. The fourth-order valence-electron chi connectivity index (χ4n) is 3.10. The maximum atomic E-state index is 12.4. The molecule has 3 rings (SSSR count). The lowest BCUT2D eigenvalue weighted by molar-refractivity contribution is -0.136. The van der Waals surface area contributed by atoms with Gasteiger partial charge in [-0.1, -0.05) is 60.7 Å². The molecule has 0 aliphatic rings. The highest BCUT2D eigenvalue weighted by molar-refractivity contribution is 6.39. The van der Waals surface area contributed by atoms with Gasteiger partial charge in [-0.2, -0.15) is 0 Å². The van der Waals surface area contributed by atoms with Gasteiger partial charge in [-0.15, -0.1) is 0 Å². The van der Waals surface area contributed by atoms with Crippen molar-refractivity contribution in [3.63, 3.8) is 0 Å².